The summed E-state index contributed by atoms with van der Waals surface area (Å²) >= 11 is 0. The molecule has 0 aromatic heterocycles. The van der Waals surface area contributed by atoms with E-state index >= 15 is 0 Å². The number of rotatable bonds is 9. The summed E-state index contributed by atoms with van der Waals surface area (Å²) in [4.78, 5) is 36.8. The first-order valence-corrected chi connectivity index (χ1v) is 7.83. The lowest BCUT2D eigenvalue weighted by molar-refractivity contribution is -0.141. The molecule has 2 unspecified atom stereocenters. The number of Topliss-reactive ketones (excluding diaryl/α,β-unsaturated/α-hetero) is 1. The number of nitrogens with zero attached hydrogens (tertiary/aromatic N) is 1. The topological polar surface area (TPSA) is 63.7 Å². The largest absolute Gasteiger partial charge is 0.379 e. The van der Waals surface area contributed by atoms with E-state index in [1.807, 2.05) is 27.7 Å². The average Bonchev–Trinajstić information content (AvgIpc) is 2.73. The molecule has 0 bridgehead atoms. The Hall–Kier alpha value is -1.23. The van der Waals surface area contributed by atoms with Crippen molar-refractivity contribution >= 4 is 17.6 Å². The molecule has 0 aromatic carbocycles. The number of ether oxygens (including phenoxy) is 1. The number of likely N-dealkylation sites (tertiary alicyclic amines) is 1. The molecule has 0 radical (unpaired) electrons. The van der Waals surface area contributed by atoms with Gasteiger partial charge < -0.3 is 4.74 Å². The van der Waals surface area contributed by atoms with Gasteiger partial charge in [-0.25, -0.2) is 0 Å². The summed E-state index contributed by atoms with van der Waals surface area (Å²) in [5.74, 6) is 0.0659. The van der Waals surface area contributed by atoms with Crippen molar-refractivity contribution in [3.8, 4) is 0 Å². The highest BCUT2D eigenvalue weighted by molar-refractivity contribution is 6.03. The standard InChI is InChI=1S/C16H27NO4/c1-5-12(4)13-10-15(19)17(16(13)20)7-9-21-8-6-14(18)11(2)3/h11-13H,5-10H2,1-4H3. The third kappa shape index (κ3) is 4.92. The fourth-order valence-corrected chi connectivity index (χ4v) is 2.39. The molecule has 0 aliphatic carbocycles. The number of ketones is 1. The quantitative estimate of drug-likeness (QED) is 0.482. The van der Waals surface area contributed by atoms with Gasteiger partial charge in [0.1, 0.15) is 5.78 Å². The maximum Gasteiger partial charge on any atom is 0.233 e. The van der Waals surface area contributed by atoms with Crippen molar-refractivity contribution in [1.82, 2.24) is 4.90 Å². The van der Waals surface area contributed by atoms with Crippen LogP contribution in [0.1, 0.15) is 47.0 Å². The van der Waals surface area contributed by atoms with E-state index in [2.05, 4.69) is 0 Å². The summed E-state index contributed by atoms with van der Waals surface area (Å²) in [6.45, 7) is 8.70. The summed E-state index contributed by atoms with van der Waals surface area (Å²) in [5, 5.41) is 0. The smallest absolute Gasteiger partial charge is 0.233 e. The highest BCUT2D eigenvalue weighted by atomic mass is 16.5. The van der Waals surface area contributed by atoms with Gasteiger partial charge in [-0.3, -0.25) is 19.3 Å². The lowest BCUT2D eigenvalue weighted by atomic mass is 9.90. The van der Waals surface area contributed by atoms with Crippen LogP contribution in [0.25, 0.3) is 0 Å². The molecule has 21 heavy (non-hydrogen) atoms. The first-order valence-electron chi connectivity index (χ1n) is 7.83. The molecule has 0 aromatic rings. The fraction of sp³-hybridized carbons (Fsp3) is 0.812. The summed E-state index contributed by atoms with van der Waals surface area (Å²) in [6.07, 6.45) is 1.60. The molecular weight excluding hydrogens is 270 g/mol. The number of imide groups is 1. The van der Waals surface area contributed by atoms with E-state index in [0.717, 1.165) is 6.42 Å². The zero-order valence-corrected chi connectivity index (χ0v) is 13.6. The second-order valence-electron chi connectivity index (χ2n) is 6.06. The molecule has 2 amide bonds. The average molecular weight is 297 g/mol. The molecule has 1 saturated heterocycles. The van der Waals surface area contributed by atoms with Crippen LogP contribution < -0.4 is 0 Å². The Morgan fingerprint density at radius 3 is 2.52 bits per heavy atom. The predicted octanol–water partition coefficient (Wildman–Crippen LogP) is 2.04. The highest BCUT2D eigenvalue weighted by Crippen LogP contribution is 2.28. The van der Waals surface area contributed by atoms with Gasteiger partial charge in [-0.2, -0.15) is 0 Å². The molecule has 1 fully saturated rings. The van der Waals surface area contributed by atoms with E-state index in [1.165, 1.54) is 4.90 Å². The maximum atomic E-state index is 12.2. The zero-order valence-electron chi connectivity index (χ0n) is 13.6. The SMILES string of the molecule is CCC(C)C1CC(=O)N(CCOCCC(=O)C(C)C)C1=O. The molecule has 1 aliphatic heterocycles. The van der Waals surface area contributed by atoms with Crippen molar-refractivity contribution < 1.29 is 19.1 Å². The number of hydrogen-bond acceptors (Lipinski definition) is 4. The van der Waals surface area contributed by atoms with Crippen molar-refractivity contribution in [2.24, 2.45) is 17.8 Å². The van der Waals surface area contributed by atoms with Crippen molar-refractivity contribution in [3.63, 3.8) is 0 Å². The van der Waals surface area contributed by atoms with E-state index in [1.54, 1.807) is 0 Å². The van der Waals surface area contributed by atoms with Crippen LogP contribution in [-0.2, 0) is 19.1 Å². The van der Waals surface area contributed by atoms with Gasteiger partial charge in [-0.15, -0.1) is 0 Å². The molecule has 120 valence electrons. The van der Waals surface area contributed by atoms with Crippen molar-refractivity contribution in [3.05, 3.63) is 0 Å². The van der Waals surface area contributed by atoms with Crippen LogP contribution in [0.15, 0.2) is 0 Å². The molecule has 0 saturated carbocycles. The molecule has 1 aliphatic rings. The minimum atomic E-state index is -0.176. The predicted molar refractivity (Wildman–Crippen MR) is 79.6 cm³/mol. The van der Waals surface area contributed by atoms with Gasteiger partial charge in [-0.1, -0.05) is 34.1 Å². The van der Waals surface area contributed by atoms with E-state index in [0.29, 0.717) is 32.6 Å². The Labute approximate surface area is 127 Å². The van der Waals surface area contributed by atoms with Crippen LogP contribution in [0, 0.1) is 17.8 Å². The van der Waals surface area contributed by atoms with Crippen molar-refractivity contribution in [2.45, 2.75) is 47.0 Å². The zero-order chi connectivity index (χ0) is 16.0. The van der Waals surface area contributed by atoms with Gasteiger partial charge in [0.05, 0.1) is 19.8 Å². The Balaban J connectivity index is 2.31. The van der Waals surface area contributed by atoms with Crippen LogP contribution in [0.4, 0.5) is 0 Å². The van der Waals surface area contributed by atoms with Gasteiger partial charge in [0, 0.05) is 24.7 Å². The Morgan fingerprint density at radius 1 is 1.29 bits per heavy atom. The van der Waals surface area contributed by atoms with Gasteiger partial charge in [0.25, 0.3) is 0 Å². The second-order valence-corrected chi connectivity index (χ2v) is 6.06. The summed E-state index contributed by atoms with van der Waals surface area (Å²) in [5.41, 5.74) is 0. The number of carbonyl (C=O) groups is 3. The van der Waals surface area contributed by atoms with Gasteiger partial charge in [-0.05, 0) is 5.92 Å². The summed E-state index contributed by atoms with van der Waals surface area (Å²) in [6, 6.07) is 0. The van der Waals surface area contributed by atoms with E-state index < -0.39 is 0 Å². The molecule has 0 spiro atoms. The second kappa shape index (κ2) is 8.27. The van der Waals surface area contributed by atoms with Crippen molar-refractivity contribution in [1.29, 1.82) is 0 Å². The molecule has 5 nitrogen and oxygen atoms in total. The van der Waals surface area contributed by atoms with E-state index in [9.17, 15) is 14.4 Å². The number of carbonyl (C=O) groups excluding carboxylic acids is 3. The Kier molecular flexibility index (Phi) is 7.02. The molecule has 0 N–H and O–H groups in total. The van der Waals surface area contributed by atoms with Gasteiger partial charge >= 0.3 is 0 Å². The third-order valence-electron chi connectivity index (χ3n) is 4.21. The first kappa shape index (κ1) is 17.8. The molecule has 1 heterocycles. The summed E-state index contributed by atoms with van der Waals surface area (Å²) in [7, 11) is 0. The normalized spacial score (nSPS) is 20.4. The fourth-order valence-electron chi connectivity index (χ4n) is 2.39. The minimum Gasteiger partial charge on any atom is -0.379 e. The Morgan fingerprint density at radius 2 is 1.95 bits per heavy atom. The lowest BCUT2D eigenvalue weighted by Gasteiger charge is -2.17. The van der Waals surface area contributed by atoms with Crippen LogP contribution in [0.5, 0.6) is 0 Å². The van der Waals surface area contributed by atoms with Crippen LogP contribution >= 0.6 is 0 Å². The Bertz CT molecular complexity index is 392. The van der Waals surface area contributed by atoms with Crippen LogP contribution in [0.2, 0.25) is 0 Å². The third-order valence-corrected chi connectivity index (χ3v) is 4.21. The minimum absolute atomic E-state index is 0.0200. The van der Waals surface area contributed by atoms with Gasteiger partial charge in [0.2, 0.25) is 11.8 Å². The van der Waals surface area contributed by atoms with E-state index in [4.69, 9.17) is 4.74 Å². The molecule has 5 heteroatoms. The molecular formula is C16H27NO4. The van der Waals surface area contributed by atoms with Crippen LogP contribution in [0.3, 0.4) is 0 Å². The first-order chi connectivity index (χ1) is 9.88. The number of amides is 2. The van der Waals surface area contributed by atoms with E-state index in [-0.39, 0.29) is 35.4 Å². The number of hydrogen-bond donors (Lipinski definition) is 0. The highest BCUT2D eigenvalue weighted by Gasteiger charge is 2.40. The monoisotopic (exact) mass is 297 g/mol. The maximum absolute atomic E-state index is 12.2. The molecule has 1 rings (SSSR count). The summed E-state index contributed by atoms with van der Waals surface area (Å²) < 4.78 is 5.37. The van der Waals surface area contributed by atoms with Crippen LogP contribution in [-0.4, -0.2) is 42.3 Å². The lowest BCUT2D eigenvalue weighted by Crippen LogP contribution is -2.34. The van der Waals surface area contributed by atoms with Gasteiger partial charge in [0.15, 0.2) is 0 Å². The molecule has 2 atom stereocenters. The van der Waals surface area contributed by atoms with Crippen molar-refractivity contribution in [2.75, 3.05) is 19.8 Å².